The number of carbonyl (C=O) groups is 1. The summed E-state index contributed by atoms with van der Waals surface area (Å²) in [5, 5.41) is 1.05. The number of carbonyl (C=O) groups excluding carboxylic acids is 1. The third-order valence-corrected chi connectivity index (χ3v) is 6.07. The summed E-state index contributed by atoms with van der Waals surface area (Å²) in [5.74, 6) is 1.36. The van der Waals surface area contributed by atoms with Crippen LogP contribution in [0.1, 0.15) is 57.6 Å². The SMILES string of the molecule is C=CC(=O)OCC(CC)COc1ccc2cc(-c3ccc(CCCCC)cc3CC)oc2c1. The Bertz CT molecular complexity index is 1060. The topological polar surface area (TPSA) is 48.7 Å². The number of unbranched alkanes of at least 4 members (excludes halogenated alkanes) is 2. The van der Waals surface area contributed by atoms with Crippen LogP contribution in [0.15, 0.2) is 59.5 Å². The van der Waals surface area contributed by atoms with Crippen LogP contribution in [-0.2, 0) is 22.4 Å². The van der Waals surface area contributed by atoms with Crippen LogP contribution in [0.5, 0.6) is 5.75 Å². The Balaban J connectivity index is 1.71. The van der Waals surface area contributed by atoms with Crippen molar-refractivity contribution in [1.82, 2.24) is 0 Å². The molecule has 3 rings (SSSR count). The Labute approximate surface area is 197 Å². The minimum absolute atomic E-state index is 0.125. The Hall–Kier alpha value is -3.01. The van der Waals surface area contributed by atoms with Gasteiger partial charge in [0.05, 0.1) is 13.2 Å². The van der Waals surface area contributed by atoms with Crippen LogP contribution in [0.25, 0.3) is 22.3 Å². The highest BCUT2D eigenvalue weighted by atomic mass is 16.5. The second-order valence-corrected chi connectivity index (χ2v) is 8.53. The fraction of sp³-hybridized carbons (Fsp3) is 0.414. The summed E-state index contributed by atoms with van der Waals surface area (Å²) in [5.41, 5.74) is 4.69. The molecule has 3 aromatic rings. The van der Waals surface area contributed by atoms with Crippen LogP contribution in [0, 0.1) is 5.92 Å². The first-order valence-electron chi connectivity index (χ1n) is 12.2. The normalized spacial score (nSPS) is 12.0. The lowest BCUT2D eigenvalue weighted by atomic mass is 9.97. The average molecular weight is 449 g/mol. The quantitative estimate of drug-likeness (QED) is 0.154. The summed E-state index contributed by atoms with van der Waals surface area (Å²) in [6.45, 7) is 10.7. The third-order valence-electron chi connectivity index (χ3n) is 6.07. The molecule has 0 radical (unpaired) electrons. The molecule has 0 fully saturated rings. The van der Waals surface area contributed by atoms with Gasteiger partial charge in [-0.15, -0.1) is 0 Å². The maximum absolute atomic E-state index is 11.3. The smallest absolute Gasteiger partial charge is 0.330 e. The molecule has 1 aromatic heterocycles. The van der Waals surface area contributed by atoms with Gasteiger partial charge in [0, 0.05) is 29.0 Å². The number of fused-ring (bicyclic) bond motifs is 1. The number of ether oxygens (including phenoxy) is 2. The van der Waals surface area contributed by atoms with Crippen molar-refractivity contribution in [3.05, 3.63) is 66.2 Å². The first-order chi connectivity index (χ1) is 16.1. The van der Waals surface area contributed by atoms with E-state index in [0.29, 0.717) is 13.2 Å². The Morgan fingerprint density at radius 1 is 1.06 bits per heavy atom. The molecule has 33 heavy (non-hydrogen) atoms. The van der Waals surface area contributed by atoms with Crippen LogP contribution in [0.4, 0.5) is 0 Å². The summed E-state index contributed by atoms with van der Waals surface area (Å²) in [7, 11) is 0. The van der Waals surface area contributed by atoms with Gasteiger partial charge in [-0.2, -0.15) is 0 Å². The second-order valence-electron chi connectivity index (χ2n) is 8.53. The minimum atomic E-state index is -0.404. The molecule has 4 heteroatoms. The number of benzene rings is 2. The maximum atomic E-state index is 11.3. The molecule has 0 spiro atoms. The van der Waals surface area contributed by atoms with Crippen LogP contribution < -0.4 is 4.74 Å². The molecule has 176 valence electrons. The van der Waals surface area contributed by atoms with Gasteiger partial charge in [0.25, 0.3) is 0 Å². The minimum Gasteiger partial charge on any atom is -0.493 e. The molecule has 0 bridgehead atoms. The second kappa shape index (κ2) is 12.3. The van der Waals surface area contributed by atoms with Crippen LogP contribution in [0.3, 0.4) is 0 Å². The highest BCUT2D eigenvalue weighted by Gasteiger charge is 2.13. The molecule has 0 aliphatic carbocycles. The van der Waals surface area contributed by atoms with E-state index in [-0.39, 0.29) is 5.92 Å². The molecule has 0 aliphatic rings. The van der Waals surface area contributed by atoms with Gasteiger partial charge in [-0.25, -0.2) is 4.79 Å². The molecular weight excluding hydrogens is 412 g/mol. The standard InChI is InChI=1S/C29H36O4/c1-5-9-10-11-22-12-15-26(23(7-3)16-22)28-17-24-13-14-25(18-27(24)33-28)31-19-21(6-2)20-32-29(30)8-4/h8,12-18,21H,4-7,9-11,19-20H2,1-3H3. The molecule has 1 atom stereocenters. The summed E-state index contributed by atoms with van der Waals surface area (Å²) < 4.78 is 17.4. The molecule has 1 heterocycles. The first-order valence-corrected chi connectivity index (χ1v) is 12.2. The molecular formula is C29H36O4. The average Bonchev–Trinajstić information content (AvgIpc) is 3.27. The van der Waals surface area contributed by atoms with Gasteiger partial charge in [-0.1, -0.05) is 58.4 Å². The van der Waals surface area contributed by atoms with E-state index in [0.717, 1.165) is 47.3 Å². The van der Waals surface area contributed by atoms with E-state index in [9.17, 15) is 4.79 Å². The lowest BCUT2D eigenvalue weighted by molar-refractivity contribution is -0.139. The molecule has 4 nitrogen and oxygen atoms in total. The van der Waals surface area contributed by atoms with E-state index in [1.807, 2.05) is 18.2 Å². The predicted octanol–water partition coefficient (Wildman–Crippen LogP) is 7.53. The van der Waals surface area contributed by atoms with Crippen molar-refractivity contribution in [1.29, 1.82) is 0 Å². The van der Waals surface area contributed by atoms with Gasteiger partial charge in [-0.3, -0.25) is 0 Å². The highest BCUT2D eigenvalue weighted by Crippen LogP contribution is 2.33. The van der Waals surface area contributed by atoms with Crippen molar-refractivity contribution in [2.75, 3.05) is 13.2 Å². The molecule has 0 aliphatic heterocycles. The largest absolute Gasteiger partial charge is 0.493 e. The molecule has 0 saturated carbocycles. The number of furan rings is 1. The van der Waals surface area contributed by atoms with Crippen molar-refractivity contribution < 1.29 is 18.7 Å². The summed E-state index contributed by atoms with van der Waals surface area (Å²) in [6, 6.07) is 14.8. The van der Waals surface area contributed by atoms with E-state index < -0.39 is 5.97 Å². The Morgan fingerprint density at radius 3 is 2.64 bits per heavy atom. The molecule has 1 unspecified atom stereocenters. The van der Waals surface area contributed by atoms with Gasteiger partial charge >= 0.3 is 5.97 Å². The Morgan fingerprint density at radius 2 is 1.91 bits per heavy atom. The zero-order chi connectivity index (χ0) is 23.6. The van der Waals surface area contributed by atoms with Crippen LogP contribution >= 0.6 is 0 Å². The van der Waals surface area contributed by atoms with Gasteiger partial charge in [0.1, 0.15) is 17.1 Å². The van der Waals surface area contributed by atoms with Crippen molar-refractivity contribution in [3.63, 3.8) is 0 Å². The maximum Gasteiger partial charge on any atom is 0.330 e. The highest BCUT2D eigenvalue weighted by molar-refractivity contribution is 5.84. The van der Waals surface area contributed by atoms with E-state index in [2.05, 4.69) is 51.6 Å². The van der Waals surface area contributed by atoms with E-state index in [1.54, 1.807) is 0 Å². The molecule has 2 aromatic carbocycles. The number of esters is 1. The van der Waals surface area contributed by atoms with Crippen LogP contribution in [0.2, 0.25) is 0 Å². The predicted molar refractivity (Wildman–Crippen MR) is 135 cm³/mol. The van der Waals surface area contributed by atoms with E-state index >= 15 is 0 Å². The van der Waals surface area contributed by atoms with Gasteiger partial charge in [0.2, 0.25) is 0 Å². The van der Waals surface area contributed by atoms with Gasteiger partial charge in [0.15, 0.2) is 0 Å². The van der Waals surface area contributed by atoms with Crippen molar-refractivity contribution >= 4 is 16.9 Å². The lowest BCUT2D eigenvalue weighted by Gasteiger charge is -2.15. The third kappa shape index (κ3) is 6.74. The van der Waals surface area contributed by atoms with Gasteiger partial charge in [-0.05, 0) is 55.0 Å². The van der Waals surface area contributed by atoms with Crippen LogP contribution in [-0.4, -0.2) is 19.2 Å². The van der Waals surface area contributed by atoms with E-state index in [4.69, 9.17) is 13.9 Å². The number of rotatable bonds is 13. The molecule has 0 N–H and O–H groups in total. The summed E-state index contributed by atoms with van der Waals surface area (Å²) >= 11 is 0. The van der Waals surface area contributed by atoms with Crippen molar-refractivity contribution in [2.45, 2.75) is 59.3 Å². The first kappa shape index (κ1) is 24.6. The zero-order valence-corrected chi connectivity index (χ0v) is 20.2. The molecule has 0 amide bonds. The summed E-state index contributed by atoms with van der Waals surface area (Å²) in [4.78, 5) is 11.3. The van der Waals surface area contributed by atoms with Crippen molar-refractivity contribution in [3.8, 4) is 17.1 Å². The summed E-state index contributed by atoms with van der Waals surface area (Å²) in [6.07, 6.45) is 7.89. The molecule has 0 saturated heterocycles. The van der Waals surface area contributed by atoms with Crippen molar-refractivity contribution in [2.24, 2.45) is 5.92 Å². The number of hydrogen-bond acceptors (Lipinski definition) is 4. The zero-order valence-electron chi connectivity index (χ0n) is 20.2. The fourth-order valence-electron chi connectivity index (χ4n) is 3.91. The Kier molecular flexibility index (Phi) is 9.17. The van der Waals surface area contributed by atoms with E-state index in [1.165, 1.54) is 36.5 Å². The fourth-order valence-corrected chi connectivity index (χ4v) is 3.91. The number of hydrogen-bond donors (Lipinski definition) is 0. The monoisotopic (exact) mass is 448 g/mol. The number of aryl methyl sites for hydroxylation is 2. The van der Waals surface area contributed by atoms with Gasteiger partial charge < -0.3 is 13.9 Å². The lowest BCUT2D eigenvalue weighted by Crippen LogP contribution is -2.19.